The van der Waals surface area contributed by atoms with Crippen LogP contribution in [0.1, 0.15) is 57.9 Å². The fraction of sp³-hybridized carbons (Fsp3) is 0.667. The summed E-state index contributed by atoms with van der Waals surface area (Å²) in [5, 5.41) is 11.4. The molecule has 238 valence electrons. The maximum absolute atomic E-state index is 13.8. The Bertz CT molecular complexity index is 1290. The lowest BCUT2D eigenvalue weighted by atomic mass is 9.90. The Labute approximate surface area is 253 Å². The molecule has 5 atom stereocenters. The van der Waals surface area contributed by atoms with E-state index in [-0.39, 0.29) is 35.5 Å². The summed E-state index contributed by atoms with van der Waals surface area (Å²) in [5.74, 6) is -1.42. The number of rotatable bonds is 14. The zero-order chi connectivity index (χ0) is 31.2. The smallest absolute Gasteiger partial charge is 0.243 e. The van der Waals surface area contributed by atoms with Gasteiger partial charge in [0.05, 0.1) is 36.7 Å². The summed E-state index contributed by atoms with van der Waals surface area (Å²) in [6, 6.07) is 3.28. The van der Waals surface area contributed by atoms with Crippen molar-refractivity contribution in [2.75, 3.05) is 32.6 Å². The first-order valence-electron chi connectivity index (χ1n) is 15.0. The minimum atomic E-state index is -3.51. The van der Waals surface area contributed by atoms with Crippen molar-refractivity contribution in [3.8, 4) is 0 Å². The van der Waals surface area contributed by atoms with Crippen LogP contribution in [0.5, 0.6) is 0 Å². The molecular weight excluding hydrogens is 576 g/mol. The molecule has 4 rings (SSSR count). The third-order valence-electron chi connectivity index (χ3n) is 8.36. The molecule has 43 heavy (non-hydrogen) atoms. The lowest BCUT2D eigenvalue weighted by Gasteiger charge is -2.27. The molecule has 0 spiro atoms. The van der Waals surface area contributed by atoms with E-state index in [4.69, 9.17) is 9.47 Å². The molecule has 3 amide bonds. The van der Waals surface area contributed by atoms with Gasteiger partial charge in [-0.3, -0.25) is 19.2 Å². The van der Waals surface area contributed by atoms with Gasteiger partial charge < -0.3 is 30.7 Å². The molecule has 3 fully saturated rings. The second kappa shape index (κ2) is 14.3. The number of ether oxygens (including phenoxy) is 2. The first-order valence-corrected chi connectivity index (χ1v) is 16.9. The average molecular weight is 621 g/mol. The molecule has 0 aromatic heterocycles. The van der Waals surface area contributed by atoms with Crippen LogP contribution in [0.15, 0.2) is 29.2 Å². The standard InChI is InChI=1S/C30H44N4O8S/c1-19(32-26(35)16-22-17-31-11-12-41-22)28(37)34-25(15-21-9-6-10-23(13-21)43(3,39)40)29(38)33-24(14-20-7-4-5-8-20)27(36)30(2)18-42-30/h6,9-10,13,19-20,22,24-25,31H,4-5,7-8,11-12,14-18H2,1-3H3,(H,32,35)(H,33,38)(H,34,37)/t19-,22?,24-,25-,30+/m0/s1. The van der Waals surface area contributed by atoms with Gasteiger partial charge in [-0.15, -0.1) is 0 Å². The maximum atomic E-state index is 13.8. The van der Waals surface area contributed by atoms with Crippen LogP contribution < -0.4 is 21.3 Å². The van der Waals surface area contributed by atoms with Crippen LogP contribution in [-0.2, 0) is 44.9 Å². The van der Waals surface area contributed by atoms with E-state index in [2.05, 4.69) is 21.3 Å². The van der Waals surface area contributed by atoms with Crippen molar-refractivity contribution in [3.05, 3.63) is 29.8 Å². The summed E-state index contributed by atoms with van der Waals surface area (Å²) in [7, 11) is -3.51. The molecule has 1 unspecified atom stereocenters. The fourth-order valence-corrected chi connectivity index (χ4v) is 6.36. The summed E-state index contributed by atoms with van der Waals surface area (Å²) >= 11 is 0. The highest BCUT2D eigenvalue weighted by Gasteiger charge is 2.50. The van der Waals surface area contributed by atoms with E-state index in [1.807, 2.05) is 0 Å². The lowest BCUT2D eigenvalue weighted by molar-refractivity contribution is -0.134. The van der Waals surface area contributed by atoms with Crippen molar-refractivity contribution in [2.45, 2.75) is 93.5 Å². The zero-order valence-electron chi connectivity index (χ0n) is 25.1. The number of benzene rings is 1. The summed E-state index contributed by atoms with van der Waals surface area (Å²) < 4.78 is 35.3. The molecule has 2 heterocycles. The number of carbonyl (C=O) groups excluding carboxylic acids is 4. The second-order valence-electron chi connectivity index (χ2n) is 12.2. The molecule has 3 aliphatic rings. The largest absolute Gasteiger partial charge is 0.375 e. The molecule has 12 nitrogen and oxygen atoms in total. The Kier molecular flexibility index (Phi) is 11.0. The number of hydrogen-bond acceptors (Lipinski definition) is 9. The highest BCUT2D eigenvalue weighted by Crippen LogP contribution is 2.33. The third-order valence-corrected chi connectivity index (χ3v) is 9.47. The van der Waals surface area contributed by atoms with E-state index in [0.717, 1.165) is 31.9 Å². The molecular formula is C30H44N4O8S. The van der Waals surface area contributed by atoms with Crippen LogP contribution in [-0.4, -0.2) is 94.3 Å². The van der Waals surface area contributed by atoms with Crippen molar-refractivity contribution >= 4 is 33.3 Å². The minimum Gasteiger partial charge on any atom is -0.375 e. The van der Waals surface area contributed by atoms with Gasteiger partial charge in [0.25, 0.3) is 0 Å². The highest BCUT2D eigenvalue weighted by atomic mass is 32.2. The van der Waals surface area contributed by atoms with Crippen molar-refractivity contribution in [2.24, 2.45) is 5.92 Å². The summed E-state index contributed by atoms with van der Waals surface area (Å²) in [6.07, 6.45) is 5.46. The van der Waals surface area contributed by atoms with E-state index < -0.39 is 45.4 Å². The minimum absolute atomic E-state index is 0.0265. The fourth-order valence-electron chi connectivity index (χ4n) is 5.67. The molecule has 1 aromatic carbocycles. The topological polar surface area (TPSA) is 172 Å². The monoisotopic (exact) mass is 620 g/mol. The number of hydrogen-bond donors (Lipinski definition) is 4. The van der Waals surface area contributed by atoms with Crippen molar-refractivity contribution in [1.29, 1.82) is 0 Å². The molecule has 0 bridgehead atoms. The van der Waals surface area contributed by atoms with Gasteiger partial charge in [0.2, 0.25) is 17.7 Å². The van der Waals surface area contributed by atoms with E-state index in [0.29, 0.717) is 44.2 Å². The van der Waals surface area contributed by atoms with Gasteiger partial charge in [-0.1, -0.05) is 37.8 Å². The maximum Gasteiger partial charge on any atom is 0.243 e. The second-order valence-corrected chi connectivity index (χ2v) is 14.2. The summed E-state index contributed by atoms with van der Waals surface area (Å²) in [6.45, 7) is 5.27. The van der Waals surface area contributed by atoms with Crippen LogP contribution in [0, 0.1) is 5.92 Å². The Morgan fingerprint density at radius 2 is 1.77 bits per heavy atom. The average Bonchev–Trinajstić information content (AvgIpc) is 3.50. The van der Waals surface area contributed by atoms with E-state index in [1.165, 1.54) is 19.1 Å². The summed E-state index contributed by atoms with van der Waals surface area (Å²) in [4.78, 5) is 53.0. The number of morpholine rings is 1. The summed E-state index contributed by atoms with van der Waals surface area (Å²) in [5.41, 5.74) is -0.423. The van der Waals surface area contributed by atoms with E-state index in [1.54, 1.807) is 19.1 Å². The normalized spacial score (nSPS) is 24.4. The predicted octanol–water partition coefficient (Wildman–Crippen LogP) is 0.424. The van der Waals surface area contributed by atoms with Gasteiger partial charge >= 0.3 is 0 Å². The Balaban J connectivity index is 1.48. The number of sulfone groups is 1. The molecule has 2 aliphatic heterocycles. The molecule has 0 radical (unpaired) electrons. The van der Waals surface area contributed by atoms with Gasteiger partial charge in [0.1, 0.15) is 17.7 Å². The van der Waals surface area contributed by atoms with Gasteiger partial charge in [-0.2, -0.15) is 0 Å². The van der Waals surface area contributed by atoms with Crippen LogP contribution >= 0.6 is 0 Å². The SMILES string of the molecule is C[C@H](NC(=O)CC1CNCCO1)C(=O)N[C@@H](Cc1cccc(S(C)(=O)=O)c1)C(=O)N[C@@H](CC1CCCC1)C(=O)[C@@]1(C)CO1. The number of Topliss-reactive ketones (excluding diaryl/α,β-unsaturated/α-hetero) is 1. The van der Waals surface area contributed by atoms with Crippen molar-refractivity contribution < 1.29 is 37.1 Å². The van der Waals surface area contributed by atoms with Gasteiger partial charge in [0.15, 0.2) is 15.6 Å². The number of amides is 3. The zero-order valence-corrected chi connectivity index (χ0v) is 26.0. The number of nitrogens with one attached hydrogen (secondary N) is 4. The Hall–Kier alpha value is -2.87. The van der Waals surface area contributed by atoms with Gasteiger partial charge in [0, 0.05) is 25.8 Å². The predicted molar refractivity (Wildman–Crippen MR) is 158 cm³/mol. The van der Waals surface area contributed by atoms with E-state index >= 15 is 0 Å². The molecule has 4 N–H and O–H groups in total. The van der Waals surface area contributed by atoms with Gasteiger partial charge in [-0.25, -0.2) is 8.42 Å². The lowest BCUT2D eigenvalue weighted by Crippen LogP contribution is -2.57. The third kappa shape index (κ3) is 9.56. The van der Waals surface area contributed by atoms with Crippen LogP contribution in [0.3, 0.4) is 0 Å². The first-order chi connectivity index (χ1) is 20.3. The van der Waals surface area contributed by atoms with Crippen molar-refractivity contribution in [3.63, 3.8) is 0 Å². The highest BCUT2D eigenvalue weighted by molar-refractivity contribution is 7.90. The number of ketones is 1. The molecule has 1 saturated carbocycles. The van der Waals surface area contributed by atoms with Crippen LogP contribution in [0.25, 0.3) is 0 Å². The Morgan fingerprint density at radius 1 is 1.07 bits per heavy atom. The number of epoxide rings is 1. The van der Waals surface area contributed by atoms with Crippen molar-refractivity contribution in [1.82, 2.24) is 21.3 Å². The molecule has 13 heteroatoms. The molecule has 1 aromatic rings. The van der Waals surface area contributed by atoms with Crippen LogP contribution in [0.4, 0.5) is 0 Å². The Morgan fingerprint density at radius 3 is 2.40 bits per heavy atom. The number of carbonyl (C=O) groups is 4. The van der Waals surface area contributed by atoms with Crippen LogP contribution in [0.2, 0.25) is 0 Å². The molecule has 1 aliphatic carbocycles. The van der Waals surface area contributed by atoms with E-state index in [9.17, 15) is 27.6 Å². The first kappa shape index (κ1) is 33.0. The van der Waals surface area contributed by atoms with Gasteiger partial charge in [-0.05, 0) is 43.9 Å². The quantitative estimate of drug-likeness (QED) is 0.215. The molecule has 2 saturated heterocycles.